The molecule has 0 bridgehead atoms. The molecule has 2 aromatic heterocycles. The van der Waals surface area contributed by atoms with Gasteiger partial charge in [0, 0.05) is 6.20 Å². The second-order valence-electron chi connectivity index (χ2n) is 5.85. The number of aromatic amines is 1. The molecule has 136 valence electrons. The lowest BCUT2D eigenvalue weighted by Crippen LogP contribution is -2.04. The van der Waals surface area contributed by atoms with Crippen molar-refractivity contribution in [2.75, 3.05) is 0 Å². The van der Waals surface area contributed by atoms with Crippen LogP contribution in [0.1, 0.15) is 15.9 Å². The van der Waals surface area contributed by atoms with E-state index < -0.39 is 17.7 Å². The van der Waals surface area contributed by atoms with Gasteiger partial charge in [-0.15, -0.1) is 0 Å². The monoisotopic (exact) mass is 372 g/mol. The van der Waals surface area contributed by atoms with Gasteiger partial charge in [0.2, 0.25) is 5.95 Å². The summed E-state index contributed by atoms with van der Waals surface area (Å²) in [6.07, 6.45) is -1.90. The molecule has 4 aromatic rings. The maximum Gasteiger partial charge on any atom is 0.416 e. The van der Waals surface area contributed by atoms with Gasteiger partial charge in [-0.05, 0) is 35.4 Å². The van der Waals surface area contributed by atoms with Crippen molar-refractivity contribution in [3.05, 3.63) is 66.0 Å². The highest BCUT2D eigenvalue weighted by Crippen LogP contribution is 2.32. The van der Waals surface area contributed by atoms with Gasteiger partial charge >= 0.3 is 12.1 Å². The van der Waals surface area contributed by atoms with Crippen molar-refractivity contribution in [1.29, 1.82) is 0 Å². The lowest BCUT2D eigenvalue weighted by molar-refractivity contribution is -0.137. The fourth-order valence-corrected chi connectivity index (χ4v) is 2.70. The number of carboxylic acids is 1. The van der Waals surface area contributed by atoms with Crippen molar-refractivity contribution in [3.63, 3.8) is 0 Å². The summed E-state index contributed by atoms with van der Waals surface area (Å²) in [7, 11) is 0. The number of H-pyrrole nitrogens is 1. The van der Waals surface area contributed by atoms with E-state index in [0.717, 1.165) is 12.1 Å². The van der Waals surface area contributed by atoms with E-state index in [1.165, 1.54) is 23.1 Å². The molecule has 0 saturated carbocycles. The summed E-state index contributed by atoms with van der Waals surface area (Å²) < 4.78 is 40.0. The summed E-state index contributed by atoms with van der Waals surface area (Å²) in [5.74, 6) is -0.803. The van der Waals surface area contributed by atoms with Gasteiger partial charge in [0.1, 0.15) is 0 Å². The normalized spacial score (nSPS) is 11.8. The number of benzene rings is 2. The van der Waals surface area contributed by atoms with Crippen LogP contribution in [0.25, 0.3) is 28.1 Å². The summed E-state index contributed by atoms with van der Waals surface area (Å²) in [4.78, 5) is 18.3. The maximum atomic E-state index is 12.9. The van der Waals surface area contributed by atoms with E-state index in [2.05, 4.69) is 15.1 Å². The minimum Gasteiger partial charge on any atom is -0.478 e. The van der Waals surface area contributed by atoms with Gasteiger partial charge in [0.25, 0.3) is 0 Å². The highest BCUT2D eigenvalue weighted by Gasteiger charge is 2.30. The van der Waals surface area contributed by atoms with Gasteiger partial charge in [-0.1, -0.05) is 18.2 Å². The van der Waals surface area contributed by atoms with Crippen molar-refractivity contribution in [3.8, 4) is 17.1 Å². The van der Waals surface area contributed by atoms with Crippen LogP contribution >= 0.6 is 0 Å². The van der Waals surface area contributed by atoms with Gasteiger partial charge in [-0.25, -0.2) is 14.5 Å². The molecule has 0 atom stereocenters. The number of imidazole rings is 1. The van der Waals surface area contributed by atoms with Gasteiger partial charge < -0.3 is 10.1 Å². The molecule has 0 unspecified atom stereocenters. The fourth-order valence-electron chi connectivity index (χ4n) is 2.70. The SMILES string of the molecule is O=C(O)c1cnn(-c2nc3cc(-c4cccc(C(F)(F)F)c4)ccc3[nH]2)c1. The first-order chi connectivity index (χ1) is 12.8. The molecule has 0 amide bonds. The molecule has 9 heteroatoms. The van der Waals surface area contributed by atoms with Crippen LogP contribution in [-0.4, -0.2) is 30.8 Å². The molecule has 0 saturated heterocycles. The number of nitrogens with one attached hydrogen (secondary N) is 1. The van der Waals surface area contributed by atoms with Crippen LogP contribution in [-0.2, 0) is 6.18 Å². The third kappa shape index (κ3) is 3.14. The Morgan fingerprint density at radius 1 is 1.11 bits per heavy atom. The summed E-state index contributed by atoms with van der Waals surface area (Å²) >= 11 is 0. The molecular formula is C18H11F3N4O2. The molecule has 0 spiro atoms. The van der Waals surface area contributed by atoms with E-state index in [1.54, 1.807) is 24.3 Å². The van der Waals surface area contributed by atoms with Crippen molar-refractivity contribution < 1.29 is 23.1 Å². The zero-order valence-electron chi connectivity index (χ0n) is 13.5. The first-order valence-electron chi connectivity index (χ1n) is 7.77. The van der Waals surface area contributed by atoms with Gasteiger partial charge in [0.15, 0.2) is 0 Å². The van der Waals surface area contributed by atoms with Crippen molar-refractivity contribution in [1.82, 2.24) is 19.7 Å². The Bertz CT molecular complexity index is 1160. The van der Waals surface area contributed by atoms with E-state index in [4.69, 9.17) is 5.11 Å². The highest BCUT2D eigenvalue weighted by molar-refractivity contribution is 5.87. The molecule has 6 nitrogen and oxygen atoms in total. The maximum absolute atomic E-state index is 12.9. The van der Waals surface area contributed by atoms with E-state index in [0.29, 0.717) is 28.1 Å². The predicted molar refractivity (Wildman–Crippen MR) is 90.6 cm³/mol. The molecule has 2 N–H and O–H groups in total. The second kappa shape index (κ2) is 5.97. The number of nitrogens with zero attached hydrogens (tertiary/aromatic N) is 3. The Kier molecular flexibility index (Phi) is 3.72. The smallest absolute Gasteiger partial charge is 0.416 e. The van der Waals surface area contributed by atoms with Crippen molar-refractivity contribution in [2.45, 2.75) is 6.18 Å². The summed E-state index contributed by atoms with van der Waals surface area (Å²) in [6.45, 7) is 0. The lowest BCUT2D eigenvalue weighted by atomic mass is 10.0. The Morgan fingerprint density at radius 2 is 1.89 bits per heavy atom. The Hall–Kier alpha value is -3.62. The number of alkyl halides is 3. The molecular weight excluding hydrogens is 361 g/mol. The molecule has 0 fully saturated rings. The molecule has 0 aliphatic rings. The van der Waals surface area contributed by atoms with E-state index in [1.807, 2.05) is 0 Å². The number of rotatable bonds is 3. The van der Waals surface area contributed by atoms with Crippen molar-refractivity contribution >= 4 is 17.0 Å². The van der Waals surface area contributed by atoms with Crippen molar-refractivity contribution in [2.24, 2.45) is 0 Å². The first kappa shape index (κ1) is 16.8. The van der Waals surface area contributed by atoms with Crippen LogP contribution in [0.15, 0.2) is 54.9 Å². The second-order valence-corrected chi connectivity index (χ2v) is 5.85. The number of fused-ring (bicyclic) bond motifs is 1. The molecule has 2 aromatic carbocycles. The quantitative estimate of drug-likeness (QED) is 0.566. The molecule has 27 heavy (non-hydrogen) atoms. The fraction of sp³-hybridized carbons (Fsp3) is 0.0556. The summed E-state index contributed by atoms with van der Waals surface area (Å²) in [5.41, 5.74) is 1.46. The van der Waals surface area contributed by atoms with Crippen LogP contribution in [0.2, 0.25) is 0 Å². The number of hydrogen-bond acceptors (Lipinski definition) is 3. The van der Waals surface area contributed by atoms with Gasteiger partial charge in [-0.2, -0.15) is 18.3 Å². The van der Waals surface area contributed by atoms with E-state index >= 15 is 0 Å². The Labute approximate surface area is 149 Å². The van der Waals surface area contributed by atoms with E-state index in [9.17, 15) is 18.0 Å². The molecule has 4 rings (SSSR count). The molecule has 0 aliphatic carbocycles. The highest BCUT2D eigenvalue weighted by atomic mass is 19.4. The van der Waals surface area contributed by atoms with Crippen LogP contribution in [0, 0.1) is 0 Å². The number of halogens is 3. The zero-order valence-corrected chi connectivity index (χ0v) is 13.5. The van der Waals surface area contributed by atoms with Crippen LogP contribution in [0.5, 0.6) is 0 Å². The number of carbonyl (C=O) groups is 1. The molecule has 0 radical (unpaired) electrons. The summed E-state index contributed by atoms with van der Waals surface area (Å²) in [5, 5.41) is 12.9. The molecule has 2 heterocycles. The van der Waals surface area contributed by atoms with Crippen LogP contribution in [0.4, 0.5) is 13.2 Å². The number of hydrogen-bond donors (Lipinski definition) is 2. The third-order valence-corrected chi connectivity index (χ3v) is 4.04. The molecule has 0 aliphatic heterocycles. The number of aromatic carboxylic acids is 1. The first-order valence-corrected chi connectivity index (χ1v) is 7.77. The largest absolute Gasteiger partial charge is 0.478 e. The summed E-state index contributed by atoms with van der Waals surface area (Å²) in [6, 6.07) is 10.1. The zero-order chi connectivity index (χ0) is 19.2. The van der Waals surface area contributed by atoms with Crippen LogP contribution in [0.3, 0.4) is 0 Å². The third-order valence-electron chi connectivity index (χ3n) is 4.04. The Balaban J connectivity index is 1.74. The standard InChI is InChI=1S/C18H11F3N4O2/c19-18(20,21)13-3-1-2-10(6-13)11-4-5-14-15(7-11)24-17(23-14)25-9-12(8-22-25)16(26)27/h1-9H,(H,23,24)(H,26,27). The lowest BCUT2D eigenvalue weighted by Gasteiger charge is -2.08. The van der Waals surface area contributed by atoms with Crippen LogP contribution < -0.4 is 0 Å². The number of aromatic nitrogens is 4. The van der Waals surface area contributed by atoms with E-state index in [-0.39, 0.29) is 5.56 Å². The average Bonchev–Trinajstić information content (AvgIpc) is 3.27. The van der Waals surface area contributed by atoms with Gasteiger partial charge in [-0.3, -0.25) is 0 Å². The average molecular weight is 372 g/mol. The predicted octanol–water partition coefficient (Wildman–Crippen LogP) is 4.13. The minimum absolute atomic E-state index is 0.0140. The number of carboxylic acid groups (broad SMARTS) is 1. The Morgan fingerprint density at radius 3 is 2.59 bits per heavy atom. The van der Waals surface area contributed by atoms with Gasteiger partial charge in [0.05, 0.1) is 28.4 Å². The topological polar surface area (TPSA) is 83.8 Å². The minimum atomic E-state index is -4.42.